The smallest absolute Gasteiger partial charge is 0.144 e. The second-order valence-corrected chi connectivity index (χ2v) is 6.42. The lowest BCUT2D eigenvalue weighted by Crippen LogP contribution is -2.30. The number of hydrogen-bond donors (Lipinski definition) is 0. The first-order chi connectivity index (χ1) is 11.0. The topological polar surface area (TPSA) is 38.3 Å². The van der Waals surface area contributed by atoms with Gasteiger partial charge in [0.1, 0.15) is 18.4 Å². The molecule has 0 N–H and O–H groups in total. The van der Waals surface area contributed by atoms with Gasteiger partial charge < -0.3 is 9.64 Å². The van der Waals surface area contributed by atoms with Gasteiger partial charge in [-0.05, 0) is 45.2 Å². The molecule has 0 fully saturated rings. The highest BCUT2D eigenvalue weighted by atomic mass is 16.5. The molecule has 0 saturated heterocycles. The van der Waals surface area contributed by atoms with Gasteiger partial charge in [0, 0.05) is 5.56 Å². The molecule has 122 valence electrons. The van der Waals surface area contributed by atoms with Crippen LogP contribution in [0.4, 0.5) is 11.5 Å². The number of benzene rings is 1. The fraction of sp³-hybridized carbons (Fsp3) is 0.474. The van der Waals surface area contributed by atoms with E-state index < -0.39 is 0 Å². The van der Waals surface area contributed by atoms with E-state index in [1.165, 1.54) is 22.4 Å². The second-order valence-electron chi connectivity index (χ2n) is 6.42. The number of fused-ring (bicyclic) bond motifs is 1. The molecule has 0 unspecified atom stereocenters. The largest absolute Gasteiger partial charge is 0.356 e. The third-order valence-electron chi connectivity index (χ3n) is 4.30. The molecule has 2 aromatic rings. The normalized spacial score (nSPS) is 14.0. The molecular formula is C19H25N3O. The number of nitrogens with zero attached hydrogens (tertiary/aromatic N) is 3. The molecule has 4 heteroatoms. The van der Waals surface area contributed by atoms with E-state index in [9.17, 15) is 0 Å². The van der Waals surface area contributed by atoms with Crippen molar-refractivity contribution in [2.24, 2.45) is 0 Å². The predicted octanol–water partition coefficient (Wildman–Crippen LogP) is 4.29. The fourth-order valence-electron chi connectivity index (χ4n) is 3.52. The van der Waals surface area contributed by atoms with Crippen LogP contribution in [0.15, 0.2) is 12.1 Å². The van der Waals surface area contributed by atoms with Crippen LogP contribution in [0.1, 0.15) is 47.1 Å². The number of aromatic nitrogens is 2. The van der Waals surface area contributed by atoms with Crippen LogP contribution in [0.25, 0.3) is 0 Å². The van der Waals surface area contributed by atoms with Crippen molar-refractivity contribution in [1.29, 1.82) is 0 Å². The SMILES string of the molecule is CCCc1nc(C)nc2c1COCN2c1c(C)cc(C)cc1C. The van der Waals surface area contributed by atoms with E-state index in [4.69, 9.17) is 9.72 Å². The Labute approximate surface area is 138 Å². The number of ether oxygens (including phenoxy) is 1. The summed E-state index contributed by atoms with van der Waals surface area (Å²) in [6, 6.07) is 4.44. The summed E-state index contributed by atoms with van der Waals surface area (Å²) in [7, 11) is 0. The molecule has 1 aromatic carbocycles. The summed E-state index contributed by atoms with van der Waals surface area (Å²) in [5.74, 6) is 1.85. The molecule has 1 aromatic heterocycles. The van der Waals surface area contributed by atoms with Crippen molar-refractivity contribution >= 4 is 11.5 Å². The van der Waals surface area contributed by atoms with Crippen LogP contribution in [-0.4, -0.2) is 16.7 Å². The minimum atomic E-state index is 0.541. The zero-order chi connectivity index (χ0) is 16.6. The third kappa shape index (κ3) is 2.95. The summed E-state index contributed by atoms with van der Waals surface area (Å²) >= 11 is 0. The van der Waals surface area contributed by atoms with Gasteiger partial charge in [-0.25, -0.2) is 9.97 Å². The summed E-state index contributed by atoms with van der Waals surface area (Å²) < 4.78 is 5.88. The molecule has 2 heterocycles. The van der Waals surface area contributed by atoms with Gasteiger partial charge in [-0.2, -0.15) is 0 Å². The van der Waals surface area contributed by atoms with E-state index in [-0.39, 0.29) is 0 Å². The molecule has 0 atom stereocenters. The Hall–Kier alpha value is -1.94. The fourth-order valence-corrected chi connectivity index (χ4v) is 3.52. The number of anilines is 2. The molecule has 0 amide bonds. The number of hydrogen-bond acceptors (Lipinski definition) is 4. The molecule has 0 saturated carbocycles. The van der Waals surface area contributed by atoms with Crippen molar-refractivity contribution in [2.75, 3.05) is 11.6 Å². The Morgan fingerprint density at radius 3 is 2.43 bits per heavy atom. The highest BCUT2D eigenvalue weighted by Gasteiger charge is 2.26. The maximum atomic E-state index is 5.88. The molecule has 0 spiro atoms. The lowest BCUT2D eigenvalue weighted by molar-refractivity contribution is 0.115. The Morgan fingerprint density at radius 1 is 1.09 bits per heavy atom. The summed E-state index contributed by atoms with van der Waals surface area (Å²) in [4.78, 5) is 11.6. The second kappa shape index (κ2) is 6.28. The van der Waals surface area contributed by atoms with Gasteiger partial charge in [0.25, 0.3) is 0 Å². The lowest BCUT2D eigenvalue weighted by atomic mass is 10.0. The van der Waals surface area contributed by atoms with Crippen molar-refractivity contribution < 1.29 is 4.74 Å². The molecule has 3 rings (SSSR count). The Kier molecular flexibility index (Phi) is 4.35. The molecule has 1 aliphatic rings. The monoisotopic (exact) mass is 311 g/mol. The van der Waals surface area contributed by atoms with Crippen molar-refractivity contribution in [3.05, 3.63) is 45.9 Å². The predicted molar refractivity (Wildman–Crippen MR) is 93.2 cm³/mol. The highest BCUT2D eigenvalue weighted by molar-refractivity contribution is 5.70. The molecular weight excluding hydrogens is 286 g/mol. The number of rotatable bonds is 3. The van der Waals surface area contributed by atoms with Gasteiger partial charge in [-0.1, -0.05) is 31.0 Å². The van der Waals surface area contributed by atoms with Gasteiger partial charge in [0.2, 0.25) is 0 Å². The molecule has 0 radical (unpaired) electrons. The van der Waals surface area contributed by atoms with Gasteiger partial charge in [0.15, 0.2) is 0 Å². The zero-order valence-corrected chi connectivity index (χ0v) is 14.7. The van der Waals surface area contributed by atoms with Crippen LogP contribution >= 0.6 is 0 Å². The Balaban J connectivity index is 2.16. The standard InChI is InChI=1S/C19H25N3O/c1-6-7-17-16-10-23-11-22(19(16)21-15(5)20-17)18-13(3)8-12(2)9-14(18)4/h8-9H,6-7,10-11H2,1-5H3. The number of aryl methyl sites for hydroxylation is 5. The maximum Gasteiger partial charge on any atom is 0.144 e. The van der Waals surface area contributed by atoms with Gasteiger partial charge in [-0.3, -0.25) is 0 Å². The van der Waals surface area contributed by atoms with Crippen LogP contribution in [-0.2, 0) is 17.8 Å². The average Bonchev–Trinajstić information content (AvgIpc) is 2.47. The van der Waals surface area contributed by atoms with Gasteiger partial charge >= 0.3 is 0 Å². The van der Waals surface area contributed by atoms with Crippen LogP contribution in [0.2, 0.25) is 0 Å². The molecule has 4 nitrogen and oxygen atoms in total. The van der Waals surface area contributed by atoms with E-state index in [1.54, 1.807) is 0 Å². The first-order valence-electron chi connectivity index (χ1n) is 8.30. The van der Waals surface area contributed by atoms with Crippen molar-refractivity contribution in [3.8, 4) is 0 Å². The third-order valence-corrected chi connectivity index (χ3v) is 4.30. The first-order valence-corrected chi connectivity index (χ1v) is 8.30. The Bertz CT molecular complexity index is 717. The first kappa shape index (κ1) is 15.9. The summed E-state index contributed by atoms with van der Waals surface area (Å²) in [5.41, 5.74) is 7.27. The average molecular weight is 311 g/mol. The lowest BCUT2D eigenvalue weighted by Gasteiger charge is -2.33. The van der Waals surface area contributed by atoms with E-state index in [0.29, 0.717) is 13.3 Å². The van der Waals surface area contributed by atoms with Crippen LogP contribution in [0, 0.1) is 27.7 Å². The van der Waals surface area contributed by atoms with E-state index in [1.807, 2.05) is 6.92 Å². The van der Waals surface area contributed by atoms with E-state index in [2.05, 4.69) is 49.7 Å². The maximum absolute atomic E-state index is 5.88. The molecule has 0 aliphatic carbocycles. The molecule has 0 bridgehead atoms. The Morgan fingerprint density at radius 2 is 1.78 bits per heavy atom. The summed E-state index contributed by atoms with van der Waals surface area (Å²) in [5, 5.41) is 0. The van der Waals surface area contributed by atoms with Crippen LogP contribution < -0.4 is 4.90 Å². The minimum Gasteiger partial charge on any atom is -0.356 e. The van der Waals surface area contributed by atoms with E-state index in [0.717, 1.165) is 35.7 Å². The molecule has 23 heavy (non-hydrogen) atoms. The minimum absolute atomic E-state index is 0.541. The zero-order valence-electron chi connectivity index (χ0n) is 14.7. The van der Waals surface area contributed by atoms with Crippen molar-refractivity contribution in [3.63, 3.8) is 0 Å². The summed E-state index contributed by atoms with van der Waals surface area (Å²) in [6.45, 7) is 11.7. The van der Waals surface area contributed by atoms with Crippen LogP contribution in [0.3, 0.4) is 0 Å². The highest BCUT2D eigenvalue weighted by Crippen LogP contribution is 2.36. The van der Waals surface area contributed by atoms with Crippen LogP contribution in [0.5, 0.6) is 0 Å². The van der Waals surface area contributed by atoms with Crippen molar-refractivity contribution in [1.82, 2.24) is 9.97 Å². The van der Waals surface area contributed by atoms with E-state index >= 15 is 0 Å². The van der Waals surface area contributed by atoms with Gasteiger partial charge in [0.05, 0.1) is 18.0 Å². The quantitative estimate of drug-likeness (QED) is 0.847. The molecule has 1 aliphatic heterocycles. The van der Waals surface area contributed by atoms with Gasteiger partial charge in [-0.15, -0.1) is 0 Å². The van der Waals surface area contributed by atoms with Crippen molar-refractivity contribution in [2.45, 2.75) is 54.1 Å². The summed E-state index contributed by atoms with van der Waals surface area (Å²) in [6.07, 6.45) is 2.04.